The second kappa shape index (κ2) is 5.73. The Kier molecular flexibility index (Phi) is 5.71. The summed E-state index contributed by atoms with van der Waals surface area (Å²) in [4.78, 5) is 39.6. The summed E-state index contributed by atoms with van der Waals surface area (Å²) in [6.07, 6.45) is 0. The lowest BCUT2D eigenvalue weighted by atomic mass is 10.8. The van der Waals surface area contributed by atoms with Gasteiger partial charge >= 0.3 is 33.4 Å². The Hall–Kier alpha value is -0.0800. The molecule has 3 atom stereocenters. The van der Waals surface area contributed by atoms with Gasteiger partial charge in [0, 0.05) is 21.3 Å². The van der Waals surface area contributed by atoms with E-state index in [2.05, 4.69) is 13.6 Å². The van der Waals surface area contributed by atoms with Gasteiger partial charge in [-0.1, -0.05) is 0 Å². The maximum absolute atomic E-state index is 11.8. The van der Waals surface area contributed by atoms with Crippen molar-refractivity contribution in [1.82, 2.24) is 0 Å². The molecule has 0 aromatic heterocycles. The molecule has 0 amide bonds. The van der Waals surface area contributed by atoms with Gasteiger partial charge in [-0.15, -0.1) is 0 Å². The zero-order valence-electron chi connectivity index (χ0n) is 9.99. The molecule has 0 fully saturated rings. The molecule has 0 aromatic carbocycles. The second-order valence-corrected chi connectivity index (χ2v) is 10.3. The number of carbonyl (C=O) groups is 1. The molecule has 19 heavy (non-hydrogen) atoms. The van der Waals surface area contributed by atoms with E-state index in [1.165, 1.54) is 0 Å². The molecule has 0 aliphatic rings. The van der Waals surface area contributed by atoms with Gasteiger partial charge in [-0.05, 0) is 0 Å². The number of carboxylic acids is 1. The van der Waals surface area contributed by atoms with Crippen molar-refractivity contribution in [3.63, 3.8) is 0 Å². The van der Waals surface area contributed by atoms with Gasteiger partial charge in [-0.2, -0.15) is 0 Å². The van der Waals surface area contributed by atoms with Crippen LogP contribution in [0.1, 0.15) is 0 Å². The van der Waals surface area contributed by atoms with Crippen molar-refractivity contribution in [2.45, 2.75) is 4.64 Å². The quantitative estimate of drug-likeness (QED) is 0.465. The third-order valence-corrected chi connectivity index (χ3v) is 11.2. The van der Waals surface area contributed by atoms with E-state index < -0.39 is 33.4 Å². The predicted octanol–water partition coefficient (Wildman–Crippen LogP) is 0.220. The predicted molar refractivity (Wildman–Crippen MR) is 60.9 cm³/mol. The first-order chi connectivity index (χ1) is 8.38. The van der Waals surface area contributed by atoms with Gasteiger partial charge < -0.3 is 33.4 Å². The molecule has 14 heteroatoms. The van der Waals surface area contributed by atoms with Crippen LogP contribution in [0.4, 0.5) is 0 Å². The molecule has 3 unspecified atom stereocenters. The Morgan fingerprint density at radius 3 is 1.16 bits per heavy atom. The lowest BCUT2D eigenvalue weighted by Crippen LogP contribution is -2.39. The topological polar surface area (TPSA) is 177 Å². The summed E-state index contributed by atoms with van der Waals surface area (Å²) >= 11 is 0. The van der Waals surface area contributed by atoms with Gasteiger partial charge in [0.25, 0.3) is 0 Å². The van der Waals surface area contributed by atoms with Crippen molar-refractivity contribution in [2.75, 3.05) is 21.3 Å². The van der Waals surface area contributed by atoms with Crippen LogP contribution in [0.15, 0.2) is 0 Å². The van der Waals surface area contributed by atoms with Crippen molar-refractivity contribution >= 4 is 28.8 Å². The summed E-state index contributed by atoms with van der Waals surface area (Å²) in [5.74, 6) is -2.56. The van der Waals surface area contributed by atoms with Crippen molar-refractivity contribution in [2.24, 2.45) is 0 Å². The number of aliphatic carboxylic acids is 1. The molecule has 0 aliphatic heterocycles. The van der Waals surface area contributed by atoms with Crippen LogP contribution in [0.3, 0.4) is 0 Å². The summed E-state index contributed by atoms with van der Waals surface area (Å²) in [5, 5.41) is 8.99. The lowest BCUT2D eigenvalue weighted by molar-refractivity contribution is -0.137. The van der Waals surface area contributed by atoms with Gasteiger partial charge in [-0.25, -0.2) is 4.79 Å². The van der Waals surface area contributed by atoms with Gasteiger partial charge in [-0.3, -0.25) is 13.7 Å². The Bertz CT molecular complexity index is 437. The fraction of sp³-hybridized carbons (Fsp3) is 0.800. The third-order valence-electron chi connectivity index (χ3n) is 2.21. The Morgan fingerprint density at radius 1 is 0.842 bits per heavy atom. The lowest BCUT2D eigenvalue weighted by Gasteiger charge is -2.35. The monoisotopic (exact) mass is 342 g/mol. The second-order valence-electron chi connectivity index (χ2n) is 3.05. The first kappa shape index (κ1) is 18.9. The average Bonchev–Trinajstić information content (AvgIpc) is 2.28. The minimum Gasteiger partial charge on any atom is -0.479 e. The standard InChI is InChI=1S/C5H13O11P3/c1-14-17(8,9)5(4(6)7,18(10,11)15-2)19(12,13)16-3/h1-3H3,(H,6,7)(H,8,9)(H,10,11)(H,12,13). The highest BCUT2D eigenvalue weighted by Crippen LogP contribution is 2.86. The molecule has 114 valence electrons. The Balaban J connectivity index is 6.80. The Morgan fingerprint density at radius 2 is 1.05 bits per heavy atom. The molecule has 0 saturated heterocycles. The largest absolute Gasteiger partial charge is 0.479 e. The van der Waals surface area contributed by atoms with Crippen LogP contribution in [-0.4, -0.2) is 51.7 Å². The maximum Gasteiger partial charge on any atom is 0.370 e. The molecule has 0 aliphatic carbocycles. The molecule has 0 rings (SSSR count). The van der Waals surface area contributed by atoms with Crippen LogP contribution in [0.25, 0.3) is 0 Å². The molecule has 0 radical (unpaired) electrons. The molecule has 0 bridgehead atoms. The fourth-order valence-corrected chi connectivity index (χ4v) is 8.01. The van der Waals surface area contributed by atoms with Crippen LogP contribution in [0.2, 0.25) is 0 Å². The van der Waals surface area contributed by atoms with Gasteiger partial charge in [0.05, 0.1) is 0 Å². The maximum atomic E-state index is 11.8. The molecule has 0 saturated carbocycles. The highest BCUT2D eigenvalue weighted by molar-refractivity contribution is 7.91. The first-order valence-electron chi connectivity index (χ1n) is 4.27. The number of rotatable bonds is 7. The fourth-order valence-electron chi connectivity index (χ4n) is 1.22. The van der Waals surface area contributed by atoms with Crippen LogP contribution < -0.4 is 0 Å². The molecule has 0 heterocycles. The normalized spacial score (nSPS) is 24.5. The van der Waals surface area contributed by atoms with Crippen LogP contribution in [0.5, 0.6) is 0 Å². The molecule has 0 spiro atoms. The van der Waals surface area contributed by atoms with E-state index in [9.17, 15) is 33.2 Å². The number of hydrogen-bond donors (Lipinski definition) is 4. The van der Waals surface area contributed by atoms with Gasteiger partial charge in [0.15, 0.2) is 0 Å². The highest BCUT2D eigenvalue weighted by atomic mass is 31.3. The summed E-state index contributed by atoms with van der Waals surface area (Å²) < 4.78 is 43.1. The van der Waals surface area contributed by atoms with Crippen molar-refractivity contribution in [1.29, 1.82) is 0 Å². The number of hydrogen-bond acceptors (Lipinski definition) is 7. The molecular weight excluding hydrogens is 329 g/mol. The van der Waals surface area contributed by atoms with E-state index in [-0.39, 0.29) is 0 Å². The summed E-state index contributed by atoms with van der Waals surface area (Å²) in [5.41, 5.74) is 0. The molecule has 0 aromatic rings. The van der Waals surface area contributed by atoms with Crippen molar-refractivity contribution in [3.8, 4) is 0 Å². The van der Waals surface area contributed by atoms with Gasteiger partial charge in [0.2, 0.25) is 0 Å². The van der Waals surface area contributed by atoms with E-state index in [1.54, 1.807) is 0 Å². The first-order valence-corrected chi connectivity index (χ1v) is 9.00. The average molecular weight is 342 g/mol. The van der Waals surface area contributed by atoms with E-state index in [0.717, 1.165) is 0 Å². The van der Waals surface area contributed by atoms with E-state index in [4.69, 9.17) is 5.11 Å². The summed E-state index contributed by atoms with van der Waals surface area (Å²) in [6, 6.07) is 0. The van der Waals surface area contributed by atoms with Crippen LogP contribution >= 0.6 is 22.8 Å². The van der Waals surface area contributed by atoms with Crippen LogP contribution in [-0.2, 0) is 32.1 Å². The summed E-state index contributed by atoms with van der Waals surface area (Å²) in [6.45, 7) is 0. The molecule has 4 N–H and O–H groups in total. The van der Waals surface area contributed by atoms with Crippen molar-refractivity contribution < 1.29 is 51.8 Å². The SMILES string of the molecule is COP(=O)(O)C(C(=O)O)(P(=O)(O)OC)P(=O)(O)OC. The zero-order valence-corrected chi connectivity index (χ0v) is 12.7. The van der Waals surface area contributed by atoms with Gasteiger partial charge in [0.1, 0.15) is 0 Å². The van der Waals surface area contributed by atoms with E-state index in [1.807, 2.05) is 0 Å². The van der Waals surface area contributed by atoms with E-state index in [0.29, 0.717) is 21.3 Å². The van der Waals surface area contributed by atoms with E-state index >= 15 is 0 Å². The minimum absolute atomic E-state index is 0.518. The molecule has 11 nitrogen and oxygen atoms in total. The van der Waals surface area contributed by atoms with Crippen molar-refractivity contribution in [3.05, 3.63) is 0 Å². The third kappa shape index (κ3) is 2.58. The highest BCUT2D eigenvalue weighted by Gasteiger charge is 2.80. The van der Waals surface area contributed by atoms with Crippen LogP contribution in [0, 0.1) is 0 Å². The smallest absolute Gasteiger partial charge is 0.370 e. The molecular formula is C5H13O11P3. The summed E-state index contributed by atoms with van der Waals surface area (Å²) in [7, 11) is -15.3. The zero-order chi connectivity index (χ0) is 15.7. The number of carboxylic acid groups (broad SMARTS) is 1. The minimum atomic E-state index is -5.62. The Labute approximate surface area is 107 Å².